The van der Waals surface area contributed by atoms with Gasteiger partial charge in [-0.1, -0.05) is 13.8 Å². The third kappa shape index (κ3) is 5.09. The summed E-state index contributed by atoms with van der Waals surface area (Å²) in [5, 5.41) is 8.94. The smallest absolute Gasteiger partial charge is 0.317 e. The normalized spacial score (nSPS) is 14.0. The second-order valence-electron chi connectivity index (χ2n) is 7.44. The number of pyridine rings is 1. The molecule has 0 bridgehead atoms. The van der Waals surface area contributed by atoms with Crippen molar-refractivity contribution in [2.75, 3.05) is 32.0 Å². The molecule has 3 N–H and O–H groups in total. The number of anilines is 1. The second-order valence-corrected chi connectivity index (χ2v) is 7.44. The van der Waals surface area contributed by atoms with Crippen molar-refractivity contribution >= 4 is 17.8 Å². The van der Waals surface area contributed by atoms with Crippen LogP contribution in [0.1, 0.15) is 49.3 Å². The SMILES string of the molecule is CNC(=O)N1CCc2cc(C(=O)NC(C)C)c(NCC(C)C)nc2CC1. The van der Waals surface area contributed by atoms with Crippen molar-refractivity contribution in [1.29, 1.82) is 0 Å². The molecule has 2 rings (SSSR count). The number of fused-ring (bicyclic) bond motifs is 1. The van der Waals surface area contributed by atoms with Crippen LogP contribution in [-0.2, 0) is 12.8 Å². The first kappa shape index (κ1) is 20.0. The molecule has 2 heterocycles. The van der Waals surface area contributed by atoms with Crippen LogP contribution >= 0.6 is 0 Å². The van der Waals surface area contributed by atoms with Crippen molar-refractivity contribution in [3.8, 4) is 0 Å². The zero-order valence-electron chi connectivity index (χ0n) is 16.5. The average molecular weight is 361 g/mol. The minimum absolute atomic E-state index is 0.0583. The van der Waals surface area contributed by atoms with Gasteiger partial charge >= 0.3 is 6.03 Å². The van der Waals surface area contributed by atoms with Crippen molar-refractivity contribution in [1.82, 2.24) is 20.5 Å². The van der Waals surface area contributed by atoms with Gasteiger partial charge in [0.25, 0.3) is 5.91 Å². The highest BCUT2D eigenvalue weighted by atomic mass is 16.2. The van der Waals surface area contributed by atoms with E-state index in [9.17, 15) is 9.59 Å². The largest absolute Gasteiger partial charge is 0.369 e. The van der Waals surface area contributed by atoms with E-state index in [1.54, 1.807) is 11.9 Å². The molecule has 1 aliphatic rings. The molecule has 7 nitrogen and oxygen atoms in total. The molecule has 0 radical (unpaired) electrons. The summed E-state index contributed by atoms with van der Waals surface area (Å²) in [5.74, 6) is 0.957. The summed E-state index contributed by atoms with van der Waals surface area (Å²) in [7, 11) is 1.64. The summed E-state index contributed by atoms with van der Waals surface area (Å²) in [6.45, 7) is 10.1. The second kappa shape index (κ2) is 8.87. The lowest BCUT2D eigenvalue weighted by atomic mass is 10.0. The maximum absolute atomic E-state index is 12.6. The molecule has 0 aliphatic carbocycles. The number of urea groups is 1. The molecule has 0 saturated heterocycles. The van der Waals surface area contributed by atoms with Gasteiger partial charge in [-0.2, -0.15) is 0 Å². The van der Waals surface area contributed by atoms with Crippen LogP contribution in [0.15, 0.2) is 6.07 Å². The minimum Gasteiger partial charge on any atom is -0.369 e. The summed E-state index contributed by atoms with van der Waals surface area (Å²) in [6, 6.07) is 1.92. The molecule has 26 heavy (non-hydrogen) atoms. The Morgan fingerprint density at radius 3 is 2.50 bits per heavy atom. The highest BCUT2D eigenvalue weighted by molar-refractivity contribution is 5.99. The van der Waals surface area contributed by atoms with E-state index in [1.165, 1.54) is 0 Å². The molecular formula is C19H31N5O2. The van der Waals surface area contributed by atoms with Crippen LogP contribution in [0.2, 0.25) is 0 Å². The Kier molecular flexibility index (Phi) is 6.83. The van der Waals surface area contributed by atoms with E-state index >= 15 is 0 Å². The van der Waals surface area contributed by atoms with Crippen molar-refractivity contribution in [3.63, 3.8) is 0 Å². The van der Waals surface area contributed by atoms with E-state index in [4.69, 9.17) is 4.98 Å². The number of carbonyl (C=O) groups is 2. The van der Waals surface area contributed by atoms with Gasteiger partial charge in [0, 0.05) is 44.8 Å². The topological polar surface area (TPSA) is 86.4 Å². The Bertz CT molecular complexity index is 658. The van der Waals surface area contributed by atoms with Crippen LogP contribution in [0.3, 0.4) is 0 Å². The third-order valence-corrected chi connectivity index (χ3v) is 4.30. The molecular weight excluding hydrogens is 330 g/mol. The molecule has 0 unspecified atom stereocenters. The van der Waals surface area contributed by atoms with Crippen LogP contribution in [-0.4, -0.2) is 54.5 Å². The van der Waals surface area contributed by atoms with E-state index < -0.39 is 0 Å². The maximum Gasteiger partial charge on any atom is 0.317 e. The van der Waals surface area contributed by atoms with Crippen LogP contribution in [0, 0.1) is 5.92 Å². The molecule has 0 aromatic carbocycles. The van der Waals surface area contributed by atoms with Gasteiger partial charge in [0.1, 0.15) is 5.82 Å². The Hall–Kier alpha value is -2.31. The number of nitrogens with zero attached hydrogens (tertiary/aromatic N) is 2. The Balaban J connectivity index is 2.32. The molecule has 0 atom stereocenters. The highest BCUT2D eigenvalue weighted by Crippen LogP contribution is 2.22. The van der Waals surface area contributed by atoms with Crippen LogP contribution < -0.4 is 16.0 Å². The predicted octanol–water partition coefficient (Wildman–Crippen LogP) is 2.03. The monoisotopic (exact) mass is 361 g/mol. The number of rotatable bonds is 5. The van der Waals surface area contributed by atoms with Gasteiger partial charge in [0.2, 0.25) is 0 Å². The fourth-order valence-corrected chi connectivity index (χ4v) is 2.94. The Morgan fingerprint density at radius 2 is 1.88 bits per heavy atom. The summed E-state index contributed by atoms with van der Waals surface area (Å²) in [6.07, 6.45) is 1.38. The first-order valence-electron chi connectivity index (χ1n) is 9.36. The van der Waals surface area contributed by atoms with Crippen molar-refractivity contribution < 1.29 is 9.59 Å². The molecule has 1 aliphatic heterocycles. The fourth-order valence-electron chi connectivity index (χ4n) is 2.94. The standard InChI is InChI=1S/C19H31N5O2/c1-12(2)11-21-17-15(18(25)22-13(3)4)10-14-6-8-24(19(26)20-5)9-7-16(14)23-17/h10,12-13H,6-9,11H2,1-5H3,(H,20,26)(H,21,23)(H,22,25). The number of carbonyl (C=O) groups excluding carboxylic acids is 2. The van der Waals surface area contributed by atoms with Gasteiger partial charge in [-0.3, -0.25) is 4.79 Å². The van der Waals surface area contributed by atoms with E-state index in [1.807, 2.05) is 19.9 Å². The number of amides is 3. The lowest BCUT2D eigenvalue weighted by Crippen LogP contribution is -2.39. The summed E-state index contributed by atoms with van der Waals surface area (Å²) < 4.78 is 0. The molecule has 0 fully saturated rings. The zero-order chi connectivity index (χ0) is 19.3. The lowest BCUT2D eigenvalue weighted by molar-refractivity contribution is 0.0943. The average Bonchev–Trinajstić information content (AvgIpc) is 2.79. The Morgan fingerprint density at radius 1 is 1.19 bits per heavy atom. The molecule has 0 saturated carbocycles. The van der Waals surface area contributed by atoms with Crippen LogP contribution in [0.5, 0.6) is 0 Å². The third-order valence-electron chi connectivity index (χ3n) is 4.30. The minimum atomic E-state index is -0.117. The molecule has 1 aromatic heterocycles. The molecule has 3 amide bonds. The van der Waals surface area contributed by atoms with E-state index in [0.29, 0.717) is 43.2 Å². The molecule has 144 valence electrons. The maximum atomic E-state index is 12.6. The summed E-state index contributed by atoms with van der Waals surface area (Å²) in [5.41, 5.74) is 2.58. The van der Waals surface area contributed by atoms with Gasteiger partial charge in [0.15, 0.2) is 0 Å². The summed E-state index contributed by atoms with van der Waals surface area (Å²) in [4.78, 5) is 31.1. The van der Waals surface area contributed by atoms with Gasteiger partial charge < -0.3 is 20.9 Å². The molecule has 0 spiro atoms. The fraction of sp³-hybridized carbons (Fsp3) is 0.632. The highest BCUT2D eigenvalue weighted by Gasteiger charge is 2.22. The van der Waals surface area contributed by atoms with Gasteiger partial charge in [-0.25, -0.2) is 9.78 Å². The first-order chi connectivity index (χ1) is 12.3. The zero-order valence-corrected chi connectivity index (χ0v) is 16.5. The molecule has 7 heteroatoms. The quantitative estimate of drug-likeness (QED) is 0.749. The Labute approximate surface area is 155 Å². The number of aromatic nitrogens is 1. The molecule has 1 aromatic rings. The van der Waals surface area contributed by atoms with Crippen LogP contribution in [0.4, 0.5) is 10.6 Å². The van der Waals surface area contributed by atoms with Crippen molar-refractivity contribution in [2.24, 2.45) is 5.92 Å². The van der Waals surface area contributed by atoms with Crippen molar-refractivity contribution in [2.45, 2.75) is 46.6 Å². The number of hydrogen-bond acceptors (Lipinski definition) is 4. The predicted molar refractivity (Wildman–Crippen MR) is 104 cm³/mol. The first-order valence-corrected chi connectivity index (χ1v) is 9.36. The van der Waals surface area contributed by atoms with Crippen LogP contribution in [0.25, 0.3) is 0 Å². The van der Waals surface area contributed by atoms with E-state index in [-0.39, 0.29) is 18.0 Å². The van der Waals surface area contributed by atoms with E-state index in [2.05, 4.69) is 29.8 Å². The number of nitrogens with one attached hydrogen (secondary N) is 3. The van der Waals surface area contributed by atoms with Gasteiger partial charge in [-0.05, 0) is 37.8 Å². The van der Waals surface area contributed by atoms with E-state index in [0.717, 1.165) is 17.8 Å². The van der Waals surface area contributed by atoms with Crippen molar-refractivity contribution in [3.05, 3.63) is 22.9 Å². The summed E-state index contributed by atoms with van der Waals surface area (Å²) >= 11 is 0. The van der Waals surface area contributed by atoms with Gasteiger partial charge in [-0.15, -0.1) is 0 Å². The van der Waals surface area contributed by atoms with Gasteiger partial charge in [0.05, 0.1) is 5.56 Å². The number of hydrogen-bond donors (Lipinski definition) is 3. The lowest BCUT2D eigenvalue weighted by Gasteiger charge is -2.18.